The van der Waals surface area contributed by atoms with E-state index in [0.29, 0.717) is 0 Å². The van der Waals surface area contributed by atoms with Crippen molar-refractivity contribution >= 4 is 19.7 Å². The van der Waals surface area contributed by atoms with E-state index in [1.165, 1.54) is 18.2 Å². The van der Waals surface area contributed by atoms with Crippen LogP contribution < -0.4 is 0 Å². The van der Waals surface area contributed by atoms with E-state index >= 15 is 0 Å². The fourth-order valence-electron chi connectivity index (χ4n) is 0.681. The van der Waals surface area contributed by atoms with Crippen LogP contribution in [0.5, 0.6) is 0 Å². The standard InChI is InChI=1S/C6H6ClNO3S/c7-12(10,11)6-3-1-2-5(4-9)8-6/h1-3,9H,4H2. The number of aliphatic hydroxyl groups excluding tert-OH is 1. The van der Waals surface area contributed by atoms with Crippen molar-refractivity contribution in [2.24, 2.45) is 0 Å². The van der Waals surface area contributed by atoms with E-state index in [0.717, 1.165) is 0 Å². The number of aromatic nitrogens is 1. The van der Waals surface area contributed by atoms with Gasteiger partial charge in [-0.15, -0.1) is 0 Å². The second-order valence-corrected chi connectivity index (χ2v) is 4.58. The molecule has 0 unspecified atom stereocenters. The van der Waals surface area contributed by atoms with Gasteiger partial charge in [0.15, 0.2) is 5.03 Å². The minimum Gasteiger partial charge on any atom is -0.390 e. The Morgan fingerprint density at radius 1 is 1.50 bits per heavy atom. The van der Waals surface area contributed by atoms with Crippen LogP contribution in [0.25, 0.3) is 0 Å². The summed E-state index contributed by atoms with van der Waals surface area (Å²) < 4.78 is 21.4. The summed E-state index contributed by atoms with van der Waals surface area (Å²) in [7, 11) is 1.23. The zero-order valence-electron chi connectivity index (χ0n) is 5.94. The lowest BCUT2D eigenvalue weighted by Gasteiger charge is -1.97. The predicted molar refractivity (Wildman–Crippen MR) is 43.2 cm³/mol. The third-order valence-corrected chi connectivity index (χ3v) is 2.39. The lowest BCUT2D eigenvalue weighted by Crippen LogP contribution is -1.98. The molecular formula is C6H6ClNO3S. The molecule has 0 aromatic carbocycles. The first-order valence-electron chi connectivity index (χ1n) is 3.05. The van der Waals surface area contributed by atoms with E-state index < -0.39 is 9.05 Å². The molecule has 0 aliphatic rings. The molecule has 0 saturated carbocycles. The number of rotatable bonds is 2. The molecular weight excluding hydrogens is 202 g/mol. The highest BCUT2D eigenvalue weighted by atomic mass is 35.7. The molecule has 1 aromatic rings. The number of aliphatic hydroxyl groups is 1. The molecule has 0 spiro atoms. The van der Waals surface area contributed by atoms with Gasteiger partial charge in [-0.05, 0) is 12.1 Å². The summed E-state index contributed by atoms with van der Waals surface area (Å²) in [6.45, 7) is -0.305. The van der Waals surface area contributed by atoms with E-state index in [2.05, 4.69) is 4.98 Å². The summed E-state index contributed by atoms with van der Waals surface area (Å²) in [5.74, 6) is 0. The molecule has 0 atom stereocenters. The van der Waals surface area contributed by atoms with E-state index in [1.807, 2.05) is 0 Å². The first kappa shape index (κ1) is 9.44. The molecule has 0 saturated heterocycles. The van der Waals surface area contributed by atoms with Crippen LogP contribution in [0.4, 0.5) is 0 Å². The highest BCUT2D eigenvalue weighted by Crippen LogP contribution is 2.11. The van der Waals surface area contributed by atoms with Crippen molar-refractivity contribution in [1.82, 2.24) is 4.98 Å². The molecule has 0 radical (unpaired) electrons. The zero-order chi connectivity index (χ0) is 9.19. The molecule has 1 rings (SSSR count). The van der Waals surface area contributed by atoms with E-state index in [4.69, 9.17) is 15.8 Å². The minimum absolute atomic E-state index is 0.240. The van der Waals surface area contributed by atoms with Crippen LogP contribution in [-0.4, -0.2) is 18.5 Å². The van der Waals surface area contributed by atoms with Crippen LogP contribution in [0.3, 0.4) is 0 Å². The molecule has 0 amide bonds. The predicted octanol–water partition coefficient (Wildman–Crippen LogP) is 0.501. The monoisotopic (exact) mass is 207 g/mol. The van der Waals surface area contributed by atoms with Crippen molar-refractivity contribution in [3.8, 4) is 0 Å². The van der Waals surface area contributed by atoms with Crippen molar-refractivity contribution in [1.29, 1.82) is 0 Å². The number of nitrogens with zero attached hydrogens (tertiary/aromatic N) is 1. The summed E-state index contributed by atoms with van der Waals surface area (Å²) in [5, 5.41) is 8.39. The third-order valence-electron chi connectivity index (χ3n) is 1.19. The van der Waals surface area contributed by atoms with E-state index in [9.17, 15) is 8.42 Å². The Balaban J connectivity index is 3.20. The van der Waals surface area contributed by atoms with Gasteiger partial charge in [0.25, 0.3) is 9.05 Å². The maximum atomic E-state index is 10.7. The van der Waals surface area contributed by atoms with Gasteiger partial charge < -0.3 is 5.11 Å². The van der Waals surface area contributed by atoms with Crippen molar-refractivity contribution in [3.63, 3.8) is 0 Å². The van der Waals surface area contributed by atoms with Gasteiger partial charge in [0.1, 0.15) is 0 Å². The summed E-state index contributed by atoms with van der Waals surface area (Å²) in [4.78, 5) is 3.59. The molecule has 4 nitrogen and oxygen atoms in total. The molecule has 6 heteroatoms. The Bertz CT molecular complexity index is 376. The summed E-state index contributed by atoms with van der Waals surface area (Å²) >= 11 is 0. The zero-order valence-corrected chi connectivity index (χ0v) is 7.51. The normalized spacial score (nSPS) is 11.5. The van der Waals surface area contributed by atoms with Gasteiger partial charge in [-0.1, -0.05) is 6.07 Å². The summed E-state index contributed by atoms with van der Waals surface area (Å²) in [5.41, 5.74) is 0.275. The van der Waals surface area contributed by atoms with Crippen molar-refractivity contribution in [2.45, 2.75) is 11.6 Å². The molecule has 0 bridgehead atoms. The largest absolute Gasteiger partial charge is 0.390 e. The van der Waals surface area contributed by atoms with Crippen LogP contribution in [-0.2, 0) is 15.7 Å². The molecule has 0 aliphatic heterocycles. The molecule has 1 heterocycles. The fraction of sp³-hybridized carbons (Fsp3) is 0.167. The average Bonchev–Trinajstić information content (AvgIpc) is 2.03. The van der Waals surface area contributed by atoms with Crippen LogP contribution >= 0.6 is 10.7 Å². The van der Waals surface area contributed by atoms with E-state index in [1.54, 1.807) is 0 Å². The highest BCUT2D eigenvalue weighted by molar-refractivity contribution is 8.13. The quantitative estimate of drug-likeness (QED) is 0.718. The number of halogens is 1. The van der Waals surface area contributed by atoms with Crippen molar-refractivity contribution < 1.29 is 13.5 Å². The van der Waals surface area contributed by atoms with Crippen LogP contribution in [0.15, 0.2) is 23.2 Å². The van der Waals surface area contributed by atoms with Crippen molar-refractivity contribution in [3.05, 3.63) is 23.9 Å². The van der Waals surface area contributed by atoms with Crippen LogP contribution in [0.2, 0.25) is 0 Å². The van der Waals surface area contributed by atoms with Crippen LogP contribution in [0, 0.1) is 0 Å². The number of hydrogen-bond donors (Lipinski definition) is 1. The van der Waals surface area contributed by atoms with E-state index in [-0.39, 0.29) is 17.3 Å². The molecule has 0 fully saturated rings. The first-order chi connectivity index (χ1) is 5.54. The second-order valence-electron chi connectivity index (χ2n) is 2.06. The summed E-state index contributed by atoms with van der Waals surface area (Å²) in [6, 6.07) is 4.24. The van der Waals surface area contributed by atoms with Crippen molar-refractivity contribution in [2.75, 3.05) is 0 Å². The maximum absolute atomic E-state index is 10.7. The lowest BCUT2D eigenvalue weighted by molar-refractivity contribution is 0.276. The molecule has 1 aromatic heterocycles. The number of pyridine rings is 1. The molecule has 1 N–H and O–H groups in total. The summed E-state index contributed by atoms with van der Waals surface area (Å²) in [6.07, 6.45) is 0. The Hall–Kier alpha value is -0.650. The molecule has 0 aliphatic carbocycles. The Morgan fingerprint density at radius 3 is 2.67 bits per heavy atom. The van der Waals surface area contributed by atoms with Gasteiger partial charge in [-0.25, -0.2) is 13.4 Å². The second kappa shape index (κ2) is 3.38. The van der Waals surface area contributed by atoms with Gasteiger partial charge in [0, 0.05) is 10.7 Å². The van der Waals surface area contributed by atoms with Gasteiger partial charge in [-0.2, -0.15) is 0 Å². The molecule has 12 heavy (non-hydrogen) atoms. The average molecular weight is 208 g/mol. The van der Waals surface area contributed by atoms with Gasteiger partial charge in [0.05, 0.1) is 12.3 Å². The van der Waals surface area contributed by atoms with Gasteiger partial charge >= 0.3 is 0 Å². The Morgan fingerprint density at radius 2 is 2.17 bits per heavy atom. The fourth-order valence-corrected chi connectivity index (χ4v) is 1.41. The molecule has 66 valence electrons. The van der Waals surface area contributed by atoms with Crippen LogP contribution in [0.1, 0.15) is 5.69 Å². The smallest absolute Gasteiger partial charge is 0.278 e. The maximum Gasteiger partial charge on any atom is 0.278 e. The Kier molecular flexibility index (Phi) is 2.66. The minimum atomic E-state index is -3.79. The highest BCUT2D eigenvalue weighted by Gasteiger charge is 2.11. The number of hydrogen-bond acceptors (Lipinski definition) is 4. The van der Waals surface area contributed by atoms with Gasteiger partial charge in [-0.3, -0.25) is 0 Å². The third kappa shape index (κ3) is 2.17. The SMILES string of the molecule is O=S(=O)(Cl)c1cccc(CO)n1. The lowest BCUT2D eigenvalue weighted by atomic mass is 10.4. The first-order valence-corrected chi connectivity index (χ1v) is 5.36. The topological polar surface area (TPSA) is 67.3 Å². The Labute approximate surface area is 74.2 Å². The van der Waals surface area contributed by atoms with Gasteiger partial charge in [0.2, 0.25) is 0 Å².